The lowest BCUT2D eigenvalue weighted by Gasteiger charge is -2.24. The van der Waals surface area contributed by atoms with Gasteiger partial charge in [0, 0.05) is 15.6 Å². The molecule has 2 aromatic rings. The molecular formula is C19H13Cl2N2O2S+. The lowest BCUT2D eigenvalue weighted by molar-refractivity contribution is -0.444. The van der Waals surface area contributed by atoms with Gasteiger partial charge in [0.1, 0.15) is 17.9 Å². The van der Waals surface area contributed by atoms with Crippen molar-refractivity contribution in [1.82, 2.24) is 0 Å². The van der Waals surface area contributed by atoms with Gasteiger partial charge in [-0.05, 0) is 41.8 Å². The van der Waals surface area contributed by atoms with E-state index in [1.54, 1.807) is 34.9 Å². The molecule has 2 heterocycles. The van der Waals surface area contributed by atoms with Crippen molar-refractivity contribution < 1.29 is 14.2 Å². The zero-order chi connectivity index (χ0) is 18.3. The first kappa shape index (κ1) is 17.3. The molecule has 1 unspecified atom stereocenters. The summed E-state index contributed by atoms with van der Waals surface area (Å²) >= 11 is 13.6. The van der Waals surface area contributed by atoms with E-state index in [-0.39, 0.29) is 5.91 Å². The summed E-state index contributed by atoms with van der Waals surface area (Å²) in [6.07, 6.45) is 1.82. The number of urea groups is 1. The Morgan fingerprint density at radius 3 is 2.50 bits per heavy atom. The van der Waals surface area contributed by atoms with Gasteiger partial charge in [0.15, 0.2) is 5.25 Å². The van der Waals surface area contributed by atoms with Crippen molar-refractivity contribution in [2.75, 3.05) is 4.90 Å². The average molecular weight is 404 g/mol. The van der Waals surface area contributed by atoms with Crippen LogP contribution in [0.1, 0.15) is 5.56 Å². The maximum Gasteiger partial charge on any atom is 0.506 e. The summed E-state index contributed by atoms with van der Waals surface area (Å²) in [5.41, 5.74) is 2.01. The zero-order valence-electron chi connectivity index (χ0n) is 13.4. The van der Waals surface area contributed by atoms with E-state index in [1.165, 1.54) is 16.7 Å². The van der Waals surface area contributed by atoms with Crippen LogP contribution in [0.15, 0.2) is 60.0 Å². The summed E-state index contributed by atoms with van der Waals surface area (Å²) in [5, 5.41) is 2.53. The Bertz CT molecular complexity index is 970. The number of anilines is 1. The SMILES string of the molecule is O=C1C2SC=CC2=[N+](Cc2ccccc2Cl)C(=O)N1c1ccc(Cl)cc1. The van der Waals surface area contributed by atoms with E-state index in [4.69, 9.17) is 23.2 Å². The number of thioether (sulfide) groups is 1. The van der Waals surface area contributed by atoms with Crippen molar-refractivity contribution in [1.29, 1.82) is 0 Å². The maximum atomic E-state index is 13.2. The molecule has 0 bridgehead atoms. The van der Waals surface area contributed by atoms with Crippen LogP contribution in [0.3, 0.4) is 0 Å². The zero-order valence-corrected chi connectivity index (χ0v) is 15.8. The van der Waals surface area contributed by atoms with Crippen LogP contribution >= 0.6 is 35.0 Å². The van der Waals surface area contributed by atoms with Gasteiger partial charge < -0.3 is 0 Å². The highest BCUT2D eigenvalue weighted by molar-refractivity contribution is 8.04. The predicted molar refractivity (Wildman–Crippen MR) is 105 cm³/mol. The van der Waals surface area contributed by atoms with Gasteiger partial charge in [0.2, 0.25) is 0 Å². The molecule has 130 valence electrons. The molecule has 0 N–H and O–H groups in total. The minimum Gasteiger partial charge on any atom is -0.244 e. The number of amides is 3. The van der Waals surface area contributed by atoms with Gasteiger partial charge in [-0.15, -0.1) is 16.7 Å². The monoisotopic (exact) mass is 403 g/mol. The van der Waals surface area contributed by atoms with Crippen LogP contribution in [0.2, 0.25) is 10.0 Å². The van der Waals surface area contributed by atoms with Crippen molar-refractivity contribution in [3.8, 4) is 0 Å². The molecule has 2 aromatic carbocycles. The standard InChI is InChI=1S/C19H13Cl2N2O2S/c20-13-5-7-14(8-6-13)23-18(24)17-16(9-10-26-17)22(19(23)25)11-12-3-1-2-4-15(12)21/h1-10,17H,11H2/q+1. The number of rotatable bonds is 3. The highest BCUT2D eigenvalue weighted by Gasteiger charge is 2.50. The molecule has 0 saturated heterocycles. The number of imide groups is 1. The van der Waals surface area contributed by atoms with E-state index in [2.05, 4.69) is 0 Å². The van der Waals surface area contributed by atoms with Gasteiger partial charge in [-0.25, -0.2) is 4.79 Å². The summed E-state index contributed by atoms with van der Waals surface area (Å²) < 4.78 is 1.61. The van der Waals surface area contributed by atoms with Crippen molar-refractivity contribution in [3.63, 3.8) is 0 Å². The lowest BCUT2D eigenvalue weighted by atomic mass is 10.1. The van der Waals surface area contributed by atoms with Gasteiger partial charge >= 0.3 is 11.9 Å². The highest BCUT2D eigenvalue weighted by atomic mass is 35.5. The number of halogens is 2. The topological polar surface area (TPSA) is 40.4 Å². The number of carbonyl (C=O) groups is 2. The van der Waals surface area contributed by atoms with Crippen LogP contribution in [-0.4, -0.2) is 27.5 Å². The normalized spacial score (nSPS) is 19.3. The van der Waals surface area contributed by atoms with Crippen molar-refractivity contribution in [2.45, 2.75) is 11.8 Å². The number of nitrogens with zero attached hydrogens (tertiary/aromatic N) is 2. The fourth-order valence-electron chi connectivity index (χ4n) is 2.99. The van der Waals surface area contributed by atoms with Crippen LogP contribution in [-0.2, 0) is 11.3 Å². The minimum absolute atomic E-state index is 0.252. The molecule has 3 amide bonds. The second-order valence-corrected chi connectivity index (χ2v) is 7.71. The van der Waals surface area contributed by atoms with Crippen LogP contribution in [0.5, 0.6) is 0 Å². The second-order valence-electron chi connectivity index (χ2n) is 5.85. The summed E-state index contributed by atoms with van der Waals surface area (Å²) in [6, 6.07) is 13.6. The van der Waals surface area contributed by atoms with Gasteiger partial charge in [0.05, 0.1) is 0 Å². The van der Waals surface area contributed by atoms with Crippen molar-refractivity contribution in [3.05, 3.63) is 75.6 Å². The van der Waals surface area contributed by atoms with Gasteiger partial charge in [-0.1, -0.05) is 41.4 Å². The summed E-state index contributed by atoms with van der Waals surface area (Å²) in [7, 11) is 0. The average Bonchev–Trinajstić information content (AvgIpc) is 3.12. The Hall–Kier alpha value is -2.08. The Labute approximate surface area is 164 Å². The maximum absolute atomic E-state index is 13.2. The molecule has 2 aliphatic rings. The third kappa shape index (κ3) is 2.96. The minimum atomic E-state index is -0.439. The Balaban J connectivity index is 1.78. The van der Waals surface area contributed by atoms with Gasteiger partial charge in [-0.2, -0.15) is 9.37 Å². The van der Waals surface area contributed by atoms with Gasteiger partial charge in [-0.3, -0.25) is 0 Å². The molecule has 0 saturated carbocycles. The fourth-order valence-corrected chi connectivity index (χ4v) is 4.25. The van der Waals surface area contributed by atoms with Crippen molar-refractivity contribution in [2.24, 2.45) is 0 Å². The van der Waals surface area contributed by atoms with E-state index in [0.29, 0.717) is 28.0 Å². The Kier molecular flexibility index (Phi) is 4.61. The molecule has 0 fully saturated rings. The van der Waals surface area contributed by atoms with E-state index >= 15 is 0 Å². The molecule has 26 heavy (non-hydrogen) atoms. The first-order valence-electron chi connectivity index (χ1n) is 7.89. The molecule has 2 aliphatic heterocycles. The van der Waals surface area contributed by atoms with E-state index < -0.39 is 11.3 Å². The summed E-state index contributed by atoms with van der Waals surface area (Å²) in [5.74, 6) is -0.252. The third-order valence-corrected chi connectivity index (χ3v) is 5.90. The third-order valence-electron chi connectivity index (χ3n) is 4.27. The fraction of sp³-hybridized carbons (Fsp3) is 0.105. The first-order chi connectivity index (χ1) is 12.6. The largest absolute Gasteiger partial charge is 0.506 e. The number of allylic oxidation sites excluding steroid dienone is 1. The number of benzene rings is 2. The molecule has 4 rings (SSSR count). The molecule has 0 aromatic heterocycles. The summed E-state index contributed by atoms with van der Waals surface area (Å²) in [6.45, 7) is 0.298. The van der Waals surface area contributed by atoms with E-state index in [0.717, 1.165) is 5.56 Å². The molecular weight excluding hydrogens is 391 g/mol. The molecule has 4 nitrogen and oxygen atoms in total. The van der Waals surface area contributed by atoms with Crippen molar-refractivity contribution >= 4 is 58.3 Å². The number of hydrogen-bond acceptors (Lipinski definition) is 3. The Morgan fingerprint density at radius 1 is 1.04 bits per heavy atom. The van der Waals surface area contributed by atoms with Gasteiger partial charge in [0.25, 0.3) is 0 Å². The van der Waals surface area contributed by atoms with E-state index in [1.807, 2.05) is 29.7 Å². The first-order valence-corrected chi connectivity index (χ1v) is 9.59. The van der Waals surface area contributed by atoms with Crippen LogP contribution in [0, 0.1) is 0 Å². The van der Waals surface area contributed by atoms with Crippen LogP contribution < -0.4 is 4.90 Å². The highest BCUT2D eigenvalue weighted by Crippen LogP contribution is 2.32. The molecule has 0 aliphatic carbocycles. The lowest BCUT2D eigenvalue weighted by Crippen LogP contribution is -2.55. The predicted octanol–water partition coefficient (Wildman–Crippen LogP) is 4.74. The second kappa shape index (κ2) is 6.91. The number of fused-ring (bicyclic) bond motifs is 1. The Morgan fingerprint density at radius 2 is 1.77 bits per heavy atom. The van der Waals surface area contributed by atoms with Crippen LogP contribution in [0.4, 0.5) is 10.5 Å². The molecule has 7 heteroatoms. The molecule has 0 radical (unpaired) electrons. The number of hydrogen-bond donors (Lipinski definition) is 0. The van der Waals surface area contributed by atoms with E-state index in [9.17, 15) is 9.59 Å². The smallest absolute Gasteiger partial charge is 0.244 e. The van der Waals surface area contributed by atoms with Crippen LogP contribution in [0.25, 0.3) is 0 Å². The summed E-state index contributed by atoms with van der Waals surface area (Å²) in [4.78, 5) is 27.3. The quantitative estimate of drug-likeness (QED) is 0.694. The molecule has 1 atom stereocenters. The number of carbonyl (C=O) groups excluding carboxylic acids is 2. The molecule has 0 spiro atoms.